The van der Waals surface area contributed by atoms with E-state index in [0.29, 0.717) is 44.5 Å². The molecule has 0 radical (unpaired) electrons. The van der Waals surface area contributed by atoms with Gasteiger partial charge in [-0.1, -0.05) is 54.1 Å². The molecule has 4 rings (SSSR count). The Labute approximate surface area is 183 Å². The molecule has 0 aliphatic heterocycles. The smallest absolute Gasteiger partial charge is 0.264 e. The van der Waals surface area contributed by atoms with E-state index in [1.54, 1.807) is 24.9 Å². The van der Waals surface area contributed by atoms with Crippen molar-refractivity contribution in [1.82, 2.24) is 14.9 Å². The van der Waals surface area contributed by atoms with Crippen molar-refractivity contribution >= 4 is 39.1 Å². The predicted octanol–water partition coefficient (Wildman–Crippen LogP) is 4.81. The van der Waals surface area contributed by atoms with Crippen LogP contribution < -0.4 is 5.56 Å². The molecule has 0 saturated heterocycles. The van der Waals surface area contributed by atoms with Gasteiger partial charge in [-0.3, -0.25) is 9.59 Å². The van der Waals surface area contributed by atoms with Gasteiger partial charge in [0.2, 0.25) is 0 Å². The number of fused-ring (bicyclic) bond motifs is 1. The van der Waals surface area contributed by atoms with E-state index in [1.165, 1.54) is 11.3 Å². The van der Waals surface area contributed by atoms with Crippen LogP contribution in [0.25, 0.3) is 10.2 Å². The molecule has 1 N–H and O–H groups in total. The molecular formula is C23H20ClN3O2S. The van der Waals surface area contributed by atoms with E-state index in [9.17, 15) is 9.59 Å². The minimum atomic E-state index is -0.212. The maximum atomic E-state index is 13.1. The number of benzene rings is 2. The predicted molar refractivity (Wildman–Crippen MR) is 121 cm³/mol. The van der Waals surface area contributed by atoms with Crippen LogP contribution in [-0.4, -0.2) is 27.8 Å². The fourth-order valence-corrected chi connectivity index (χ4v) is 4.83. The molecule has 2 heterocycles. The third-order valence-corrected chi connectivity index (χ3v) is 6.32. The van der Waals surface area contributed by atoms with Crippen LogP contribution in [0.15, 0.2) is 59.4 Å². The summed E-state index contributed by atoms with van der Waals surface area (Å²) in [6.07, 6.45) is 0.529. The molecule has 0 aliphatic rings. The molecule has 152 valence electrons. The lowest BCUT2D eigenvalue weighted by Gasteiger charge is -2.17. The Morgan fingerprint density at radius 2 is 1.87 bits per heavy atom. The van der Waals surface area contributed by atoms with Crippen LogP contribution in [0.3, 0.4) is 0 Å². The van der Waals surface area contributed by atoms with E-state index in [-0.39, 0.29) is 11.5 Å². The molecule has 0 fully saturated rings. The van der Waals surface area contributed by atoms with Gasteiger partial charge in [0, 0.05) is 25.0 Å². The number of hydrogen-bond donors (Lipinski definition) is 1. The largest absolute Gasteiger partial charge is 0.337 e. The van der Waals surface area contributed by atoms with Gasteiger partial charge in [0.05, 0.1) is 10.3 Å². The Morgan fingerprint density at radius 3 is 2.60 bits per heavy atom. The summed E-state index contributed by atoms with van der Waals surface area (Å²) in [4.78, 5) is 36.0. The van der Waals surface area contributed by atoms with E-state index in [2.05, 4.69) is 9.97 Å². The highest BCUT2D eigenvalue weighted by molar-refractivity contribution is 7.20. The standard InChI is InChI=1S/C23H20ClN3O2S/c1-14-19-21(28)25-18(12-15-7-4-3-5-8-15)26-22(19)30-20(14)23(29)27(2)13-16-9-6-10-17(24)11-16/h3-11H,12-13H2,1-2H3,(H,25,26,28). The summed E-state index contributed by atoms with van der Waals surface area (Å²) in [7, 11) is 1.74. The molecule has 30 heavy (non-hydrogen) atoms. The van der Waals surface area contributed by atoms with Gasteiger partial charge < -0.3 is 9.88 Å². The molecular weight excluding hydrogens is 418 g/mol. The number of carbonyl (C=O) groups excluding carboxylic acids is 1. The number of aromatic amines is 1. The number of hydrogen-bond acceptors (Lipinski definition) is 4. The first kappa shape index (κ1) is 20.3. The lowest BCUT2D eigenvalue weighted by atomic mass is 10.1. The number of thiophene rings is 1. The monoisotopic (exact) mass is 437 g/mol. The number of aromatic nitrogens is 2. The summed E-state index contributed by atoms with van der Waals surface area (Å²) in [5.41, 5.74) is 2.46. The Hall–Kier alpha value is -2.96. The van der Waals surface area contributed by atoms with Crippen LogP contribution in [-0.2, 0) is 13.0 Å². The topological polar surface area (TPSA) is 66.1 Å². The highest BCUT2D eigenvalue weighted by Gasteiger charge is 2.22. The number of H-pyrrole nitrogens is 1. The highest BCUT2D eigenvalue weighted by atomic mass is 35.5. The van der Waals surface area contributed by atoms with Crippen LogP contribution in [0, 0.1) is 6.92 Å². The molecule has 7 heteroatoms. The fourth-order valence-electron chi connectivity index (χ4n) is 3.42. The van der Waals surface area contributed by atoms with Gasteiger partial charge in [-0.15, -0.1) is 11.3 Å². The molecule has 0 saturated carbocycles. The van der Waals surface area contributed by atoms with Gasteiger partial charge >= 0.3 is 0 Å². The first-order chi connectivity index (χ1) is 14.4. The minimum absolute atomic E-state index is 0.139. The van der Waals surface area contributed by atoms with Gasteiger partial charge in [0.15, 0.2) is 0 Å². The van der Waals surface area contributed by atoms with E-state index >= 15 is 0 Å². The second-order valence-electron chi connectivity index (χ2n) is 7.20. The molecule has 5 nitrogen and oxygen atoms in total. The molecule has 0 aliphatic carbocycles. The van der Waals surface area contributed by atoms with Crippen LogP contribution >= 0.6 is 22.9 Å². The van der Waals surface area contributed by atoms with Crippen LogP contribution in [0.5, 0.6) is 0 Å². The zero-order valence-corrected chi connectivity index (χ0v) is 18.2. The number of carbonyl (C=O) groups is 1. The van der Waals surface area contributed by atoms with Gasteiger partial charge in [-0.05, 0) is 35.7 Å². The summed E-state index contributed by atoms with van der Waals surface area (Å²) in [5.74, 6) is 0.450. The second kappa shape index (κ2) is 8.42. The Bertz CT molecular complexity index is 1280. The summed E-state index contributed by atoms with van der Waals surface area (Å²) in [6, 6.07) is 17.3. The van der Waals surface area contributed by atoms with E-state index in [0.717, 1.165) is 11.1 Å². The SMILES string of the molecule is Cc1c(C(=O)N(C)Cc2cccc(Cl)c2)sc2nc(Cc3ccccc3)[nH]c(=O)c12. The third kappa shape index (κ3) is 4.15. The summed E-state index contributed by atoms with van der Waals surface area (Å²) in [6.45, 7) is 2.23. The highest BCUT2D eigenvalue weighted by Crippen LogP contribution is 2.28. The normalized spacial score (nSPS) is 11.0. The fraction of sp³-hybridized carbons (Fsp3) is 0.174. The number of amides is 1. The van der Waals surface area contributed by atoms with Crippen LogP contribution in [0.2, 0.25) is 5.02 Å². The van der Waals surface area contributed by atoms with Gasteiger partial charge in [-0.25, -0.2) is 4.98 Å². The average molecular weight is 438 g/mol. The molecule has 2 aromatic heterocycles. The van der Waals surface area contributed by atoms with Crippen molar-refractivity contribution in [2.75, 3.05) is 7.05 Å². The Morgan fingerprint density at radius 1 is 1.13 bits per heavy atom. The summed E-state index contributed by atoms with van der Waals surface area (Å²) >= 11 is 7.31. The van der Waals surface area contributed by atoms with Crippen molar-refractivity contribution in [2.45, 2.75) is 19.9 Å². The quantitative estimate of drug-likeness (QED) is 0.487. The Kier molecular flexibility index (Phi) is 5.70. The van der Waals surface area contributed by atoms with Gasteiger partial charge in [-0.2, -0.15) is 0 Å². The van der Waals surface area contributed by atoms with Crippen molar-refractivity contribution in [2.24, 2.45) is 0 Å². The molecule has 0 unspecified atom stereocenters. The first-order valence-corrected chi connectivity index (χ1v) is 10.7. The number of nitrogens with one attached hydrogen (secondary N) is 1. The second-order valence-corrected chi connectivity index (χ2v) is 8.64. The Balaban J connectivity index is 1.64. The molecule has 4 aromatic rings. The molecule has 0 atom stereocenters. The van der Waals surface area contributed by atoms with Crippen molar-refractivity contribution in [1.29, 1.82) is 0 Å². The number of halogens is 1. The summed E-state index contributed by atoms with van der Waals surface area (Å²) < 4.78 is 0. The molecule has 0 spiro atoms. The lowest BCUT2D eigenvalue weighted by Crippen LogP contribution is -2.26. The number of aryl methyl sites for hydroxylation is 1. The van der Waals surface area contributed by atoms with E-state index in [4.69, 9.17) is 11.6 Å². The van der Waals surface area contributed by atoms with E-state index < -0.39 is 0 Å². The maximum Gasteiger partial charge on any atom is 0.264 e. The van der Waals surface area contributed by atoms with Crippen molar-refractivity contribution in [3.8, 4) is 0 Å². The average Bonchev–Trinajstić information content (AvgIpc) is 3.05. The van der Waals surface area contributed by atoms with Crippen LogP contribution in [0.1, 0.15) is 32.2 Å². The van der Waals surface area contributed by atoms with Crippen LogP contribution in [0.4, 0.5) is 0 Å². The minimum Gasteiger partial charge on any atom is -0.337 e. The zero-order valence-electron chi connectivity index (χ0n) is 16.6. The molecule has 0 bridgehead atoms. The van der Waals surface area contributed by atoms with Gasteiger partial charge in [0.1, 0.15) is 10.7 Å². The first-order valence-electron chi connectivity index (χ1n) is 9.48. The zero-order chi connectivity index (χ0) is 21.3. The van der Waals surface area contributed by atoms with Gasteiger partial charge in [0.25, 0.3) is 11.5 Å². The van der Waals surface area contributed by atoms with Crippen molar-refractivity contribution < 1.29 is 4.79 Å². The maximum absolute atomic E-state index is 13.1. The van der Waals surface area contributed by atoms with E-state index in [1.807, 2.05) is 48.5 Å². The summed E-state index contributed by atoms with van der Waals surface area (Å²) in [5, 5.41) is 1.12. The molecule has 1 amide bonds. The molecule has 2 aromatic carbocycles. The van der Waals surface area contributed by atoms with Crippen molar-refractivity contribution in [3.63, 3.8) is 0 Å². The van der Waals surface area contributed by atoms with Crippen molar-refractivity contribution in [3.05, 3.63) is 97.4 Å². The lowest BCUT2D eigenvalue weighted by molar-refractivity contribution is 0.0789. The third-order valence-electron chi connectivity index (χ3n) is 4.91. The number of nitrogens with zero attached hydrogens (tertiary/aromatic N) is 2. The number of rotatable bonds is 5.